The number of aryl methyl sites for hydroxylation is 2. The van der Waals surface area contributed by atoms with Crippen LogP contribution in [0.3, 0.4) is 0 Å². The molecule has 0 radical (unpaired) electrons. The number of hydrogen-bond acceptors (Lipinski definition) is 6. The molecule has 26 heavy (non-hydrogen) atoms. The Labute approximate surface area is 160 Å². The first-order chi connectivity index (χ1) is 12.7. The molecule has 0 N–H and O–H groups in total. The van der Waals surface area contributed by atoms with Crippen LogP contribution >= 0.6 is 22.7 Å². The average Bonchev–Trinajstić information content (AvgIpc) is 3.26. The van der Waals surface area contributed by atoms with E-state index >= 15 is 0 Å². The van der Waals surface area contributed by atoms with Crippen molar-refractivity contribution in [1.29, 1.82) is 0 Å². The van der Waals surface area contributed by atoms with E-state index < -0.39 is 0 Å². The lowest BCUT2D eigenvalue weighted by Crippen LogP contribution is -2.46. The third-order valence-corrected chi connectivity index (χ3v) is 7.12. The topological polar surface area (TPSA) is 32.3 Å². The van der Waals surface area contributed by atoms with Gasteiger partial charge in [0.2, 0.25) is 0 Å². The maximum atomic E-state index is 4.89. The molecule has 0 atom stereocenters. The zero-order valence-electron chi connectivity index (χ0n) is 14.9. The molecule has 132 valence electrons. The van der Waals surface area contributed by atoms with Crippen molar-refractivity contribution in [3.63, 3.8) is 0 Å². The largest absolute Gasteiger partial charge is 0.345 e. The Balaban J connectivity index is 1.35. The highest BCUT2D eigenvalue weighted by molar-refractivity contribution is 7.22. The Morgan fingerprint density at radius 2 is 1.50 bits per heavy atom. The molecule has 2 aromatic carbocycles. The molecular formula is C20H20N4S2. The predicted molar refractivity (Wildman–Crippen MR) is 113 cm³/mol. The number of rotatable bonds is 2. The van der Waals surface area contributed by atoms with Crippen LogP contribution in [0.1, 0.15) is 11.1 Å². The summed E-state index contributed by atoms with van der Waals surface area (Å²) in [6.45, 7) is 8.25. The van der Waals surface area contributed by atoms with E-state index in [2.05, 4.69) is 60.0 Å². The van der Waals surface area contributed by atoms with Gasteiger partial charge < -0.3 is 9.80 Å². The van der Waals surface area contributed by atoms with E-state index in [0.717, 1.165) is 47.5 Å². The van der Waals surface area contributed by atoms with Crippen LogP contribution in [0.5, 0.6) is 0 Å². The molecule has 6 heteroatoms. The van der Waals surface area contributed by atoms with Crippen LogP contribution in [0.4, 0.5) is 10.3 Å². The van der Waals surface area contributed by atoms with Crippen molar-refractivity contribution in [3.8, 4) is 0 Å². The summed E-state index contributed by atoms with van der Waals surface area (Å²) >= 11 is 3.61. The lowest BCUT2D eigenvalue weighted by molar-refractivity contribution is 0.651. The number of para-hydroxylation sites is 1. The highest BCUT2D eigenvalue weighted by atomic mass is 32.1. The molecule has 2 aromatic heterocycles. The third-order valence-electron chi connectivity index (χ3n) is 4.96. The van der Waals surface area contributed by atoms with E-state index in [1.54, 1.807) is 22.7 Å². The average molecular weight is 381 g/mol. The van der Waals surface area contributed by atoms with Crippen molar-refractivity contribution >= 4 is 53.4 Å². The maximum absolute atomic E-state index is 4.89. The molecule has 0 aliphatic carbocycles. The number of aromatic nitrogens is 2. The highest BCUT2D eigenvalue weighted by Gasteiger charge is 2.22. The van der Waals surface area contributed by atoms with Gasteiger partial charge in [-0.2, -0.15) is 0 Å². The van der Waals surface area contributed by atoms with Gasteiger partial charge in [-0.1, -0.05) is 40.9 Å². The molecule has 1 aliphatic rings. The molecule has 4 nitrogen and oxygen atoms in total. The Kier molecular flexibility index (Phi) is 3.83. The second-order valence-electron chi connectivity index (χ2n) is 6.86. The molecular weight excluding hydrogens is 360 g/mol. The molecule has 5 rings (SSSR count). The second-order valence-corrected chi connectivity index (χ2v) is 8.88. The third kappa shape index (κ3) is 2.73. The van der Waals surface area contributed by atoms with Gasteiger partial charge in [0.25, 0.3) is 0 Å². The monoisotopic (exact) mass is 380 g/mol. The minimum absolute atomic E-state index is 0.994. The normalized spacial score (nSPS) is 15.3. The lowest BCUT2D eigenvalue weighted by atomic mass is 10.2. The highest BCUT2D eigenvalue weighted by Crippen LogP contribution is 2.33. The van der Waals surface area contributed by atoms with Crippen LogP contribution in [-0.2, 0) is 0 Å². The van der Waals surface area contributed by atoms with Crippen molar-refractivity contribution in [3.05, 3.63) is 47.5 Å². The zero-order valence-corrected chi connectivity index (χ0v) is 16.5. The van der Waals surface area contributed by atoms with E-state index in [1.165, 1.54) is 20.5 Å². The molecule has 3 heterocycles. The van der Waals surface area contributed by atoms with Crippen LogP contribution < -0.4 is 9.80 Å². The molecule has 0 bridgehead atoms. The Morgan fingerprint density at radius 1 is 0.808 bits per heavy atom. The first-order valence-electron chi connectivity index (χ1n) is 8.91. The number of thiazole rings is 2. The summed E-state index contributed by atoms with van der Waals surface area (Å²) in [5, 5.41) is 2.29. The van der Waals surface area contributed by atoms with Gasteiger partial charge >= 0.3 is 0 Å². The maximum Gasteiger partial charge on any atom is 0.186 e. The summed E-state index contributed by atoms with van der Waals surface area (Å²) < 4.78 is 2.56. The van der Waals surface area contributed by atoms with Gasteiger partial charge in [-0.25, -0.2) is 9.97 Å². The quantitative estimate of drug-likeness (QED) is 0.498. The summed E-state index contributed by atoms with van der Waals surface area (Å²) in [4.78, 5) is 14.6. The van der Waals surface area contributed by atoms with E-state index in [-0.39, 0.29) is 0 Å². The Morgan fingerprint density at radius 3 is 2.23 bits per heavy atom. The zero-order chi connectivity index (χ0) is 17.7. The fraction of sp³-hybridized carbons (Fsp3) is 0.300. The van der Waals surface area contributed by atoms with E-state index in [4.69, 9.17) is 9.97 Å². The standard InChI is InChI=1S/C20H20N4S2/c1-13-6-7-15-17(12-13)26-19(21-15)23-8-10-24(11-9-23)20-22-18-14(2)4-3-5-16(18)25-20/h3-7,12H,8-11H2,1-2H3. The first-order valence-corrected chi connectivity index (χ1v) is 10.5. The number of hydrogen-bond donors (Lipinski definition) is 0. The number of benzene rings is 2. The SMILES string of the molecule is Cc1ccc2nc(N3CCN(c4nc5c(C)cccc5s4)CC3)sc2c1. The van der Waals surface area contributed by atoms with Gasteiger partial charge in [0.15, 0.2) is 10.3 Å². The van der Waals surface area contributed by atoms with Crippen LogP contribution in [0.15, 0.2) is 36.4 Å². The van der Waals surface area contributed by atoms with Crippen molar-refractivity contribution in [1.82, 2.24) is 9.97 Å². The molecule has 0 amide bonds. The molecule has 0 unspecified atom stereocenters. The fourth-order valence-electron chi connectivity index (χ4n) is 3.45. The van der Waals surface area contributed by atoms with Crippen LogP contribution in [0.25, 0.3) is 20.4 Å². The minimum Gasteiger partial charge on any atom is -0.345 e. The van der Waals surface area contributed by atoms with Gasteiger partial charge in [-0.15, -0.1) is 0 Å². The number of piperazine rings is 1. The number of anilines is 2. The van der Waals surface area contributed by atoms with Gasteiger partial charge in [-0.05, 0) is 43.2 Å². The number of nitrogens with zero attached hydrogens (tertiary/aromatic N) is 4. The van der Waals surface area contributed by atoms with E-state index in [0.29, 0.717) is 0 Å². The number of fused-ring (bicyclic) bond motifs is 2. The summed E-state index contributed by atoms with van der Waals surface area (Å²) in [6, 6.07) is 12.9. The summed E-state index contributed by atoms with van der Waals surface area (Å²) in [7, 11) is 0. The van der Waals surface area contributed by atoms with Crippen molar-refractivity contribution in [2.75, 3.05) is 36.0 Å². The molecule has 0 spiro atoms. The minimum atomic E-state index is 0.994. The van der Waals surface area contributed by atoms with Gasteiger partial charge in [-0.3, -0.25) is 0 Å². The smallest absolute Gasteiger partial charge is 0.186 e. The van der Waals surface area contributed by atoms with Gasteiger partial charge in [0.1, 0.15) is 0 Å². The summed E-state index contributed by atoms with van der Waals surface area (Å²) in [5.41, 5.74) is 4.81. The molecule has 4 aromatic rings. The summed E-state index contributed by atoms with van der Waals surface area (Å²) in [6.07, 6.45) is 0. The van der Waals surface area contributed by atoms with Crippen LogP contribution in [-0.4, -0.2) is 36.1 Å². The van der Waals surface area contributed by atoms with Crippen LogP contribution in [0, 0.1) is 13.8 Å². The molecule has 1 saturated heterocycles. The van der Waals surface area contributed by atoms with Crippen molar-refractivity contribution < 1.29 is 0 Å². The summed E-state index contributed by atoms with van der Waals surface area (Å²) in [5.74, 6) is 0. The fourth-order valence-corrected chi connectivity index (χ4v) is 5.66. The molecule has 1 aliphatic heterocycles. The Bertz CT molecular complexity index is 1090. The predicted octanol–water partition coefficient (Wildman–Crippen LogP) is 4.85. The van der Waals surface area contributed by atoms with Gasteiger partial charge in [0.05, 0.1) is 20.4 Å². The van der Waals surface area contributed by atoms with Crippen molar-refractivity contribution in [2.24, 2.45) is 0 Å². The van der Waals surface area contributed by atoms with E-state index in [9.17, 15) is 0 Å². The second kappa shape index (κ2) is 6.21. The van der Waals surface area contributed by atoms with E-state index in [1.807, 2.05) is 0 Å². The lowest BCUT2D eigenvalue weighted by Gasteiger charge is -2.34. The molecule has 1 fully saturated rings. The first kappa shape index (κ1) is 16.0. The molecule has 0 saturated carbocycles. The van der Waals surface area contributed by atoms with Crippen LogP contribution in [0.2, 0.25) is 0 Å². The Hall–Kier alpha value is -2.18. The van der Waals surface area contributed by atoms with Crippen molar-refractivity contribution in [2.45, 2.75) is 13.8 Å². The van der Waals surface area contributed by atoms with Gasteiger partial charge in [0, 0.05) is 26.2 Å².